The molecule has 2 amide bonds. The fraction of sp³-hybridized carbons (Fsp3) is 0.238. The summed E-state index contributed by atoms with van der Waals surface area (Å²) in [4.78, 5) is 36.0. The zero-order valence-electron chi connectivity index (χ0n) is 15.6. The molecule has 0 heterocycles. The van der Waals surface area contributed by atoms with E-state index in [0.717, 1.165) is 5.56 Å². The van der Waals surface area contributed by atoms with Crippen LogP contribution >= 0.6 is 0 Å². The molecule has 0 bridgehead atoms. The number of nitriles is 1. The Morgan fingerprint density at radius 2 is 1.71 bits per heavy atom. The summed E-state index contributed by atoms with van der Waals surface area (Å²) in [5.41, 5.74) is 1.41. The monoisotopic (exact) mass is 379 g/mol. The Labute approximate surface area is 163 Å². The van der Waals surface area contributed by atoms with Gasteiger partial charge in [0.2, 0.25) is 5.91 Å². The molecule has 2 aromatic carbocycles. The number of esters is 1. The molecule has 0 unspecified atom stereocenters. The third kappa shape index (κ3) is 5.95. The minimum absolute atomic E-state index is 0.115. The number of ether oxygens (including phenoxy) is 1. The highest BCUT2D eigenvalue weighted by Gasteiger charge is 2.23. The van der Waals surface area contributed by atoms with Gasteiger partial charge in [0.15, 0.2) is 6.10 Å². The van der Waals surface area contributed by atoms with Crippen molar-refractivity contribution in [3.63, 3.8) is 0 Å². The third-order valence-electron chi connectivity index (χ3n) is 3.93. The van der Waals surface area contributed by atoms with Crippen molar-refractivity contribution in [3.8, 4) is 6.07 Å². The summed E-state index contributed by atoms with van der Waals surface area (Å²) in [5, 5.41) is 14.4. The van der Waals surface area contributed by atoms with Gasteiger partial charge >= 0.3 is 5.97 Å². The predicted octanol–water partition coefficient (Wildman–Crippen LogP) is 2.70. The minimum atomic E-state index is -1.06. The van der Waals surface area contributed by atoms with Crippen molar-refractivity contribution >= 4 is 23.5 Å². The summed E-state index contributed by atoms with van der Waals surface area (Å²) in [6.07, 6.45) is -1.18. The molecule has 0 aliphatic carbocycles. The van der Waals surface area contributed by atoms with E-state index < -0.39 is 24.0 Å². The van der Waals surface area contributed by atoms with Gasteiger partial charge in [0.05, 0.1) is 23.7 Å². The molecule has 7 heteroatoms. The zero-order chi connectivity index (χ0) is 20.5. The molecule has 0 saturated carbocycles. The number of amides is 2. The molecule has 0 fully saturated rings. The summed E-state index contributed by atoms with van der Waals surface area (Å²) in [6, 6.07) is 17.0. The number of para-hydroxylation sites is 1. The van der Waals surface area contributed by atoms with Gasteiger partial charge in [-0.05, 0) is 24.6 Å². The Balaban J connectivity index is 1.99. The van der Waals surface area contributed by atoms with E-state index >= 15 is 0 Å². The predicted molar refractivity (Wildman–Crippen MR) is 103 cm³/mol. The second-order valence-electron chi connectivity index (χ2n) is 6.15. The normalized spacial score (nSPS) is 12.2. The van der Waals surface area contributed by atoms with Crippen LogP contribution in [-0.2, 0) is 19.1 Å². The molecular weight excluding hydrogens is 358 g/mol. The van der Waals surface area contributed by atoms with Gasteiger partial charge in [0, 0.05) is 6.92 Å². The van der Waals surface area contributed by atoms with Crippen LogP contribution in [0.2, 0.25) is 0 Å². The van der Waals surface area contributed by atoms with Gasteiger partial charge in [-0.3, -0.25) is 14.4 Å². The summed E-state index contributed by atoms with van der Waals surface area (Å²) in [7, 11) is 0. The summed E-state index contributed by atoms with van der Waals surface area (Å²) < 4.78 is 5.21. The summed E-state index contributed by atoms with van der Waals surface area (Å²) >= 11 is 0. The first-order chi connectivity index (χ1) is 13.4. The van der Waals surface area contributed by atoms with Gasteiger partial charge in [-0.15, -0.1) is 0 Å². The zero-order valence-corrected chi connectivity index (χ0v) is 15.6. The molecular formula is C21H21N3O4. The minimum Gasteiger partial charge on any atom is -0.452 e. The second kappa shape index (κ2) is 9.88. The number of carbonyl (C=O) groups excluding carboxylic acids is 3. The van der Waals surface area contributed by atoms with Crippen LogP contribution in [0.1, 0.15) is 37.4 Å². The highest BCUT2D eigenvalue weighted by atomic mass is 16.5. The molecule has 144 valence electrons. The first-order valence-electron chi connectivity index (χ1n) is 8.72. The number of carbonyl (C=O) groups is 3. The Bertz CT molecular complexity index is 890. The Morgan fingerprint density at radius 3 is 2.36 bits per heavy atom. The summed E-state index contributed by atoms with van der Waals surface area (Å²) in [5.74, 6) is -1.45. The van der Waals surface area contributed by atoms with E-state index in [-0.39, 0.29) is 12.3 Å². The lowest BCUT2D eigenvalue weighted by molar-refractivity contribution is -0.153. The molecule has 0 aromatic heterocycles. The summed E-state index contributed by atoms with van der Waals surface area (Å²) in [6.45, 7) is 2.81. The largest absolute Gasteiger partial charge is 0.452 e. The van der Waals surface area contributed by atoms with Crippen LogP contribution in [0.4, 0.5) is 5.69 Å². The molecule has 0 radical (unpaired) electrons. The number of nitrogens with zero attached hydrogens (tertiary/aromatic N) is 1. The lowest BCUT2D eigenvalue weighted by Gasteiger charge is -2.19. The van der Waals surface area contributed by atoms with Gasteiger partial charge in [0.25, 0.3) is 5.91 Å². The Hall–Kier alpha value is -3.66. The van der Waals surface area contributed by atoms with Crippen LogP contribution in [-0.4, -0.2) is 23.9 Å². The van der Waals surface area contributed by atoms with Crippen LogP contribution in [0.15, 0.2) is 54.6 Å². The maximum atomic E-state index is 12.3. The molecule has 7 nitrogen and oxygen atoms in total. The maximum absolute atomic E-state index is 12.3. The molecule has 0 aliphatic heterocycles. The second-order valence-corrected chi connectivity index (χ2v) is 6.15. The van der Waals surface area contributed by atoms with Gasteiger partial charge in [-0.2, -0.15) is 5.26 Å². The average molecular weight is 379 g/mol. The quantitative estimate of drug-likeness (QED) is 0.719. The van der Waals surface area contributed by atoms with E-state index in [2.05, 4.69) is 10.6 Å². The topological polar surface area (TPSA) is 108 Å². The Kier molecular flexibility index (Phi) is 7.28. The lowest BCUT2D eigenvalue weighted by Crippen LogP contribution is -2.33. The van der Waals surface area contributed by atoms with Gasteiger partial charge < -0.3 is 15.4 Å². The maximum Gasteiger partial charge on any atom is 0.309 e. The molecule has 0 spiro atoms. The number of nitrogens with one attached hydrogen (secondary N) is 2. The fourth-order valence-electron chi connectivity index (χ4n) is 2.57. The van der Waals surface area contributed by atoms with Crippen molar-refractivity contribution in [1.29, 1.82) is 5.26 Å². The molecule has 2 N–H and O–H groups in total. The number of hydrogen-bond acceptors (Lipinski definition) is 5. The van der Waals surface area contributed by atoms with Crippen LogP contribution < -0.4 is 10.6 Å². The third-order valence-corrected chi connectivity index (χ3v) is 3.93. The van der Waals surface area contributed by atoms with Crippen LogP contribution in [0.3, 0.4) is 0 Å². The molecule has 28 heavy (non-hydrogen) atoms. The standard InChI is InChI=1S/C21H21N3O4/c1-14(21(27)24-18-11-7-6-10-17(18)13-22)28-20(26)12-19(23-15(2)25)16-8-4-3-5-9-16/h3-11,14,19H,12H2,1-2H3,(H,23,25)(H,24,27)/t14-,19-/m1/s1. The Morgan fingerprint density at radius 1 is 1.07 bits per heavy atom. The first kappa shape index (κ1) is 20.6. The number of rotatable bonds is 7. The van der Waals surface area contributed by atoms with Crippen LogP contribution in [0.5, 0.6) is 0 Å². The molecule has 2 aromatic rings. The van der Waals surface area contributed by atoms with Crippen LogP contribution in [0, 0.1) is 11.3 Å². The number of anilines is 1. The molecule has 0 aliphatic rings. The van der Waals surface area contributed by atoms with E-state index in [1.54, 1.807) is 48.5 Å². The van der Waals surface area contributed by atoms with E-state index in [9.17, 15) is 14.4 Å². The highest BCUT2D eigenvalue weighted by molar-refractivity contribution is 5.96. The molecule has 2 rings (SSSR count). The van der Waals surface area contributed by atoms with Crippen molar-refractivity contribution < 1.29 is 19.1 Å². The molecule has 0 saturated heterocycles. The van der Waals surface area contributed by atoms with Crippen molar-refractivity contribution in [3.05, 3.63) is 65.7 Å². The van der Waals surface area contributed by atoms with E-state index in [1.165, 1.54) is 13.8 Å². The smallest absolute Gasteiger partial charge is 0.309 e. The highest BCUT2D eigenvalue weighted by Crippen LogP contribution is 2.18. The van der Waals surface area contributed by atoms with E-state index in [0.29, 0.717) is 11.3 Å². The van der Waals surface area contributed by atoms with Gasteiger partial charge in [-0.1, -0.05) is 42.5 Å². The van der Waals surface area contributed by atoms with Crippen molar-refractivity contribution in [2.24, 2.45) is 0 Å². The fourth-order valence-corrected chi connectivity index (χ4v) is 2.57. The van der Waals surface area contributed by atoms with Crippen molar-refractivity contribution in [1.82, 2.24) is 5.32 Å². The first-order valence-corrected chi connectivity index (χ1v) is 8.72. The van der Waals surface area contributed by atoms with E-state index in [1.807, 2.05) is 12.1 Å². The number of benzene rings is 2. The van der Waals surface area contributed by atoms with Gasteiger partial charge in [0.1, 0.15) is 6.07 Å². The lowest BCUT2D eigenvalue weighted by atomic mass is 10.0. The van der Waals surface area contributed by atoms with Crippen LogP contribution in [0.25, 0.3) is 0 Å². The average Bonchev–Trinajstić information content (AvgIpc) is 2.68. The van der Waals surface area contributed by atoms with Crippen molar-refractivity contribution in [2.75, 3.05) is 5.32 Å². The van der Waals surface area contributed by atoms with Crippen molar-refractivity contribution in [2.45, 2.75) is 32.4 Å². The van der Waals surface area contributed by atoms with Gasteiger partial charge in [-0.25, -0.2) is 0 Å². The number of hydrogen-bond donors (Lipinski definition) is 2. The van der Waals surface area contributed by atoms with E-state index in [4.69, 9.17) is 10.00 Å². The SMILES string of the molecule is CC(=O)N[C@H](CC(=O)O[C@H](C)C(=O)Nc1ccccc1C#N)c1ccccc1. The molecule has 2 atom stereocenters.